The van der Waals surface area contributed by atoms with Crippen LogP contribution < -0.4 is 0 Å². The van der Waals surface area contributed by atoms with E-state index in [9.17, 15) is 4.79 Å². The number of amides is 1. The van der Waals surface area contributed by atoms with E-state index in [1.807, 2.05) is 23.4 Å². The standard InChI is InChI=1S/C21H23N3OS2/c1-3-15-6-8-16(9-7-15)20-23-14(2)18(27-20)21(25)24-11-4-5-17(13-24)19-22-10-12-26-19/h6-10,12,17H,3-5,11,13H2,1-2H3. The van der Waals surface area contributed by atoms with Crippen molar-refractivity contribution < 1.29 is 4.79 Å². The molecule has 140 valence electrons. The summed E-state index contributed by atoms with van der Waals surface area (Å²) in [6.07, 6.45) is 5.01. The third-order valence-electron chi connectivity index (χ3n) is 5.11. The number of carbonyl (C=O) groups excluding carboxylic acids is 1. The van der Waals surface area contributed by atoms with Crippen molar-refractivity contribution in [3.8, 4) is 10.6 Å². The van der Waals surface area contributed by atoms with Gasteiger partial charge in [0, 0.05) is 36.1 Å². The Balaban J connectivity index is 1.54. The predicted molar refractivity (Wildman–Crippen MR) is 112 cm³/mol. The van der Waals surface area contributed by atoms with E-state index in [1.54, 1.807) is 11.3 Å². The number of thiazole rings is 2. The van der Waals surface area contributed by atoms with Crippen LogP contribution in [0, 0.1) is 6.92 Å². The van der Waals surface area contributed by atoms with Gasteiger partial charge in [0.05, 0.1) is 10.7 Å². The molecule has 1 amide bonds. The molecular formula is C21H23N3OS2. The molecule has 0 bridgehead atoms. The number of carbonyl (C=O) groups is 1. The van der Waals surface area contributed by atoms with Crippen molar-refractivity contribution in [1.29, 1.82) is 0 Å². The highest BCUT2D eigenvalue weighted by molar-refractivity contribution is 7.17. The van der Waals surface area contributed by atoms with E-state index in [1.165, 1.54) is 16.9 Å². The van der Waals surface area contributed by atoms with Crippen molar-refractivity contribution in [2.45, 2.75) is 39.0 Å². The molecule has 0 spiro atoms. The Morgan fingerprint density at radius 3 is 2.81 bits per heavy atom. The van der Waals surface area contributed by atoms with Crippen molar-refractivity contribution in [1.82, 2.24) is 14.9 Å². The van der Waals surface area contributed by atoms with E-state index >= 15 is 0 Å². The molecule has 1 aliphatic heterocycles. The quantitative estimate of drug-likeness (QED) is 0.611. The van der Waals surface area contributed by atoms with E-state index in [0.717, 1.165) is 58.5 Å². The van der Waals surface area contributed by atoms with Crippen molar-refractivity contribution in [2.75, 3.05) is 13.1 Å². The molecule has 0 N–H and O–H groups in total. The Morgan fingerprint density at radius 1 is 1.30 bits per heavy atom. The van der Waals surface area contributed by atoms with Crippen LogP contribution in [-0.2, 0) is 6.42 Å². The zero-order valence-electron chi connectivity index (χ0n) is 15.6. The maximum atomic E-state index is 13.2. The highest BCUT2D eigenvalue weighted by Gasteiger charge is 2.29. The van der Waals surface area contributed by atoms with E-state index in [-0.39, 0.29) is 5.91 Å². The number of nitrogens with zero attached hydrogens (tertiary/aromatic N) is 3. The van der Waals surface area contributed by atoms with Gasteiger partial charge in [-0.2, -0.15) is 0 Å². The first-order valence-electron chi connectivity index (χ1n) is 9.41. The van der Waals surface area contributed by atoms with Gasteiger partial charge in [0.2, 0.25) is 0 Å². The van der Waals surface area contributed by atoms with Gasteiger partial charge in [0.25, 0.3) is 5.91 Å². The van der Waals surface area contributed by atoms with E-state index in [2.05, 4.69) is 41.2 Å². The Kier molecular flexibility index (Phi) is 5.36. The number of hydrogen-bond acceptors (Lipinski definition) is 5. The number of aromatic nitrogens is 2. The number of benzene rings is 1. The summed E-state index contributed by atoms with van der Waals surface area (Å²) in [7, 11) is 0. The van der Waals surface area contributed by atoms with Gasteiger partial charge in [-0.3, -0.25) is 4.79 Å². The average Bonchev–Trinajstić information content (AvgIpc) is 3.38. The Bertz CT molecular complexity index is 916. The van der Waals surface area contributed by atoms with Gasteiger partial charge in [-0.15, -0.1) is 22.7 Å². The smallest absolute Gasteiger partial charge is 0.265 e. The fourth-order valence-corrected chi connectivity index (χ4v) is 5.35. The maximum absolute atomic E-state index is 13.2. The largest absolute Gasteiger partial charge is 0.337 e. The minimum Gasteiger partial charge on any atom is -0.337 e. The fourth-order valence-electron chi connectivity index (χ4n) is 3.54. The molecule has 3 heterocycles. The molecule has 3 aromatic rings. The molecule has 4 rings (SSSR count). The van der Waals surface area contributed by atoms with Crippen LogP contribution in [0.1, 0.15) is 51.6 Å². The minimum atomic E-state index is 0.114. The van der Waals surface area contributed by atoms with Gasteiger partial charge >= 0.3 is 0 Å². The number of likely N-dealkylation sites (tertiary alicyclic amines) is 1. The number of piperidine rings is 1. The van der Waals surface area contributed by atoms with Crippen molar-refractivity contribution in [2.24, 2.45) is 0 Å². The molecule has 0 saturated carbocycles. The topological polar surface area (TPSA) is 46.1 Å². The first-order valence-corrected chi connectivity index (χ1v) is 11.1. The molecular weight excluding hydrogens is 374 g/mol. The average molecular weight is 398 g/mol. The van der Waals surface area contributed by atoms with Crippen LogP contribution in [-0.4, -0.2) is 33.9 Å². The Labute approximate surface area is 167 Å². The van der Waals surface area contributed by atoms with Crippen LogP contribution in [0.3, 0.4) is 0 Å². The summed E-state index contributed by atoms with van der Waals surface area (Å²) >= 11 is 3.20. The SMILES string of the molecule is CCc1ccc(-c2nc(C)c(C(=O)N3CCCC(c4nccs4)C3)s2)cc1. The second-order valence-corrected chi connectivity index (χ2v) is 8.87. The van der Waals surface area contributed by atoms with Gasteiger partial charge in [-0.1, -0.05) is 31.2 Å². The summed E-state index contributed by atoms with van der Waals surface area (Å²) in [5, 5.41) is 4.08. The van der Waals surface area contributed by atoms with Gasteiger partial charge in [-0.25, -0.2) is 9.97 Å². The monoisotopic (exact) mass is 397 g/mol. The minimum absolute atomic E-state index is 0.114. The van der Waals surface area contributed by atoms with Crippen molar-refractivity contribution >= 4 is 28.6 Å². The zero-order valence-corrected chi connectivity index (χ0v) is 17.3. The molecule has 1 saturated heterocycles. The molecule has 4 nitrogen and oxygen atoms in total. The second-order valence-electron chi connectivity index (χ2n) is 6.94. The molecule has 0 aliphatic carbocycles. The molecule has 6 heteroatoms. The zero-order chi connectivity index (χ0) is 18.8. The predicted octanol–water partition coefficient (Wildman–Crippen LogP) is 5.16. The molecule has 27 heavy (non-hydrogen) atoms. The summed E-state index contributed by atoms with van der Waals surface area (Å²) < 4.78 is 0. The van der Waals surface area contributed by atoms with Crippen LogP contribution >= 0.6 is 22.7 Å². The summed E-state index contributed by atoms with van der Waals surface area (Å²) in [5.41, 5.74) is 3.22. The first-order chi connectivity index (χ1) is 13.2. The van der Waals surface area contributed by atoms with Crippen LogP contribution in [0.4, 0.5) is 0 Å². The van der Waals surface area contributed by atoms with E-state index in [4.69, 9.17) is 0 Å². The molecule has 1 unspecified atom stereocenters. The lowest BCUT2D eigenvalue weighted by Crippen LogP contribution is -2.39. The summed E-state index contributed by atoms with van der Waals surface area (Å²) in [4.78, 5) is 25.0. The van der Waals surface area contributed by atoms with Crippen molar-refractivity contribution in [3.05, 3.63) is 57.0 Å². The second kappa shape index (κ2) is 7.90. The van der Waals surface area contributed by atoms with Gasteiger partial charge in [0.15, 0.2) is 0 Å². The lowest BCUT2D eigenvalue weighted by atomic mass is 9.98. The van der Waals surface area contributed by atoms with E-state index in [0.29, 0.717) is 5.92 Å². The van der Waals surface area contributed by atoms with Crippen LogP contribution in [0.5, 0.6) is 0 Å². The number of rotatable bonds is 4. The third-order valence-corrected chi connectivity index (χ3v) is 7.24. The summed E-state index contributed by atoms with van der Waals surface area (Å²) in [5.74, 6) is 0.472. The molecule has 0 radical (unpaired) electrons. The lowest BCUT2D eigenvalue weighted by Gasteiger charge is -2.31. The Hall–Kier alpha value is -2.05. The fraction of sp³-hybridized carbons (Fsp3) is 0.381. The van der Waals surface area contributed by atoms with Crippen LogP contribution in [0.25, 0.3) is 10.6 Å². The number of aryl methyl sites for hydroxylation is 2. The van der Waals surface area contributed by atoms with Crippen LogP contribution in [0.2, 0.25) is 0 Å². The van der Waals surface area contributed by atoms with Crippen molar-refractivity contribution in [3.63, 3.8) is 0 Å². The summed E-state index contributed by atoms with van der Waals surface area (Å²) in [6.45, 7) is 5.66. The van der Waals surface area contributed by atoms with Gasteiger partial charge in [0.1, 0.15) is 9.88 Å². The third kappa shape index (κ3) is 3.82. The number of hydrogen-bond donors (Lipinski definition) is 0. The first kappa shape index (κ1) is 18.3. The molecule has 1 atom stereocenters. The normalized spacial score (nSPS) is 17.3. The lowest BCUT2D eigenvalue weighted by molar-refractivity contribution is 0.0711. The highest BCUT2D eigenvalue weighted by atomic mass is 32.1. The van der Waals surface area contributed by atoms with Crippen LogP contribution in [0.15, 0.2) is 35.8 Å². The van der Waals surface area contributed by atoms with Gasteiger partial charge in [-0.05, 0) is 31.7 Å². The molecule has 2 aromatic heterocycles. The summed E-state index contributed by atoms with van der Waals surface area (Å²) in [6, 6.07) is 8.48. The van der Waals surface area contributed by atoms with E-state index < -0.39 is 0 Å². The molecule has 1 fully saturated rings. The van der Waals surface area contributed by atoms with Gasteiger partial charge < -0.3 is 4.90 Å². The molecule has 1 aliphatic rings. The molecule has 1 aromatic carbocycles. The maximum Gasteiger partial charge on any atom is 0.265 e. The Morgan fingerprint density at radius 2 is 2.11 bits per heavy atom. The highest BCUT2D eigenvalue weighted by Crippen LogP contribution is 2.32.